The lowest BCUT2D eigenvalue weighted by atomic mass is 10.0. The van der Waals surface area contributed by atoms with Crippen molar-refractivity contribution in [1.29, 1.82) is 0 Å². The minimum Gasteiger partial charge on any atom is -0.215 e. The van der Waals surface area contributed by atoms with Crippen LogP contribution in [-0.2, 0) is 10.0 Å². The number of rotatable bonds is 21. The highest BCUT2D eigenvalue weighted by molar-refractivity contribution is 7.89. The Kier molecular flexibility index (Phi) is 20.2. The quantitative estimate of drug-likeness (QED) is 0.169. The third kappa shape index (κ3) is 20.6. The van der Waals surface area contributed by atoms with Gasteiger partial charge in [-0.25, -0.2) is 13.1 Å². The van der Waals surface area contributed by atoms with Gasteiger partial charge in [0.15, 0.2) is 0 Å². The molecule has 1 N–H and O–H groups in total. The summed E-state index contributed by atoms with van der Waals surface area (Å²) < 4.78 is 25.9. The minimum absolute atomic E-state index is 0.204. The van der Waals surface area contributed by atoms with Crippen molar-refractivity contribution in [3.63, 3.8) is 0 Å². The third-order valence-electron chi connectivity index (χ3n) is 4.92. The highest BCUT2D eigenvalue weighted by atomic mass is 32.2. The molecule has 26 heavy (non-hydrogen) atoms. The van der Waals surface area contributed by atoms with Crippen LogP contribution in [-0.4, -0.2) is 26.5 Å². The molecule has 0 aromatic heterocycles. The number of thiol groups is 1. The van der Waals surface area contributed by atoms with Crippen LogP contribution in [0.2, 0.25) is 0 Å². The standard InChI is InChI=1S/C21H45NO2S2/c1-2-3-4-5-6-7-8-9-10-11-12-13-14-15-16-17-19-22-26(23,24)21-18-20-25/h22,25H,2-21H2,1H3. The maximum atomic E-state index is 11.6. The van der Waals surface area contributed by atoms with E-state index in [2.05, 4.69) is 24.3 Å². The van der Waals surface area contributed by atoms with E-state index in [1.807, 2.05) is 0 Å². The highest BCUT2D eigenvalue weighted by Crippen LogP contribution is 2.13. The van der Waals surface area contributed by atoms with E-state index in [4.69, 9.17) is 0 Å². The van der Waals surface area contributed by atoms with Gasteiger partial charge < -0.3 is 0 Å². The van der Waals surface area contributed by atoms with E-state index in [0.717, 1.165) is 12.8 Å². The lowest BCUT2D eigenvalue weighted by Gasteiger charge is -2.06. The first-order chi connectivity index (χ1) is 12.6. The van der Waals surface area contributed by atoms with Crippen molar-refractivity contribution in [3.8, 4) is 0 Å². The summed E-state index contributed by atoms with van der Waals surface area (Å²) in [4.78, 5) is 0. The maximum Gasteiger partial charge on any atom is 0.211 e. The van der Waals surface area contributed by atoms with Crippen molar-refractivity contribution in [1.82, 2.24) is 4.72 Å². The fraction of sp³-hybridized carbons (Fsp3) is 1.00. The van der Waals surface area contributed by atoms with Crippen LogP contribution < -0.4 is 4.72 Å². The summed E-state index contributed by atoms with van der Waals surface area (Å²) >= 11 is 4.05. The molecule has 0 aromatic rings. The second-order valence-electron chi connectivity index (χ2n) is 7.59. The Morgan fingerprint density at radius 2 is 1.00 bits per heavy atom. The monoisotopic (exact) mass is 407 g/mol. The number of nitrogens with one attached hydrogen (secondary N) is 1. The molecule has 0 radical (unpaired) electrons. The maximum absolute atomic E-state index is 11.6. The average Bonchev–Trinajstić information content (AvgIpc) is 2.62. The van der Waals surface area contributed by atoms with Crippen molar-refractivity contribution >= 4 is 22.7 Å². The van der Waals surface area contributed by atoms with Crippen molar-refractivity contribution in [2.24, 2.45) is 0 Å². The molecular formula is C21H45NO2S2. The van der Waals surface area contributed by atoms with E-state index in [0.29, 0.717) is 18.7 Å². The summed E-state index contributed by atoms with van der Waals surface area (Å²) in [6.07, 6.45) is 22.1. The van der Waals surface area contributed by atoms with E-state index < -0.39 is 10.0 Å². The first-order valence-corrected chi connectivity index (χ1v) is 13.5. The fourth-order valence-electron chi connectivity index (χ4n) is 3.23. The van der Waals surface area contributed by atoms with Crippen molar-refractivity contribution in [2.75, 3.05) is 18.1 Å². The summed E-state index contributed by atoms with van der Waals surface area (Å²) in [5.41, 5.74) is 0. The van der Waals surface area contributed by atoms with Gasteiger partial charge in [-0.15, -0.1) is 0 Å². The summed E-state index contributed by atoms with van der Waals surface area (Å²) in [6, 6.07) is 0. The van der Waals surface area contributed by atoms with Crippen LogP contribution in [0.3, 0.4) is 0 Å². The molecule has 0 saturated heterocycles. The molecule has 3 nitrogen and oxygen atoms in total. The molecule has 0 rings (SSSR count). The zero-order valence-electron chi connectivity index (χ0n) is 17.3. The Hall–Kier alpha value is 0.260. The molecule has 0 fully saturated rings. The number of sulfonamides is 1. The highest BCUT2D eigenvalue weighted by Gasteiger charge is 2.07. The molecule has 0 aliphatic carbocycles. The first kappa shape index (κ1) is 26.3. The van der Waals surface area contributed by atoms with Gasteiger partial charge in [-0.1, -0.05) is 103 Å². The summed E-state index contributed by atoms with van der Waals surface area (Å²) in [7, 11) is -3.06. The van der Waals surface area contributed by atoms with Gasteiger partial charge in [-0.2, -0.15) is 12.6 Å². The molecule has 0 aliphatic rings. The molecule has 0 bridgehead atoms. The molecule has 0 amide bonds. The molecule has 0 saturated carbocycles. The van der Waals surface area contributed by atoms with E-state index in [-0.39, 0.29) is 5.75 Å². The molecule has 5 heteroatoms. The fourth-order valence-corrected chi connectivity index (χ4v) is 4.72. The lowest BCUT2D eigenvalue weighted by Crippen LogP contribution is -2.27. The van der Waals surface area contributed by atoms with Crippen molar-refractivity contribution in [2.45, 2.75) is 116 Å². The normalized spacial score (nSPS) is 11.9. The Morgan fingerprint density at radius 3 is 1.38 bits per heavy atom. The van der Waals surface area contributed by atoms with Crippen molar-refractivity contribution < 1.29 is 8.42 Å². The average molecular weight is 408 g/mol. The van der Waals surface area contributed by atoms with Gasteiger partial charge in [0.05, 0.1) is 5.75 Å². The van der Waals surface area contributed by atoms with Gasteiger partial charge in [-0.3, -0.25) is 0 Å². The second-order valence-corrected chi connectivity index (χ2v) is 9.97. The Morgan fingerprint density at radius 1 is 0.615 bits per heavy atom. The molecule has 0 heterocycles. The Balaban J connectivity index is 3.16. The topological polar surface area (TPSA) is 46.2 Å². The predicted octanol–water partition coefficient (Wildman–Crippen LogP) is 6.49. The van der Waals surface area contributed by atoms with Crippen LogP contribution in [0, 0.1) is 0 Å². The predicted molar refractivity (Wildman–Crippen MR) is 120 cm³/mol. The van der Waals surface area contributed by atoms with E-state index in [1.165, 1.54) is 89.9 Å². The van der Waals surface area contributed by atoms with Crippen LogP contribution in [0.1, 0.15) is 116 Å². The molecule has 0 unspecified atom stereocenters. The summed E-state index contributed by atoms with van der Waals surface area (Å²) in [5.74, 6) is 0.829. The van der Waals surface area contributed by atoms with Crippen molar-refractivity contribution in [3.05, 3.63) is 0 Å². The number of hydrogen-bond acceptors (Lipinski definition) is 3. The minimum atomic E-state index is -3.06. The molecule has 0 aromatic carbocycles. The lowest BCUT2D eigenvalue weighted by molar-refractivity contribution is 0.528. The molecule has 158 valence electrons. The first-order valence-electron chi connectivity index (χ1n) is 11.2. The van der Waals surface area contributed by atoms with E-state index >= 15 is 0 Å². The van der Waals surface area contributed by atoms with Crippen LogP contribution in [0.15, 0.2) is 0 Å². The van der Waals surface area contributed by atoms with Crippen LogP contribution in [0.4, 0.5) is 0 Å². The Labute approximate surface area is 170 Å². The number of hydrogen-bond donors (Lipinski definition) is 2. The van der Waals surface area contributed by atoms with Crippen LogP contribution in [0.5, 0.6) is 0 Å². The van der Waals surface area contributed by atoms with Crippen LogP contribution in [0.25, 0.3) is 0 Å². The largest absolute Gasteiger partial charge is 0.215 e. The zero-order chi connectivity index (χ0) is 19.3. The van der Waals surface area contributed by atoms with Gasteiger partial charge >= 0.3 is 0 Å². The summed E-state index contributed by atoms with van der Waals surface area (Å²) in [6.45, 7) is 2.87. The molecule has 0 aliphatic heterocycles. The molecule has 0 atom stereocenters. The Bertz CT molecular complexity index is 372. The SMILES string of the molecule is CCCCCCCCCCCCCCCCCCNS(=O)(=O)CCCS. The molecular weight excluding hydrogens is 362 g/mol. The number of unbranched alkanes of at least 4 members (excludes halogenated alkanes) is 15. The molecule has 0 spiro atoms. The van der Waals surface area contributed by atoms with Gasteiger partial charge in [0, 0.05) is 6.54 Å². The third-order valence-corrected chi connectivity index (χ3v) is 6.71. The van der Waals surface area contributed by atoms with Gasteiger partial charge in [0.2, 0.25) is 10.0 Å². The van der Waals surface area contributed by atoms with E-state index in [9.17, 15) is 8.42 Å². The second kappa shape index (κ2) is 20.0. The van der Waals surface area contributed by atoms with Crippen LogP contribution >= 0.6 is 12.6 Å². The zero-order valence-corrected chi connectivity index (χ0v) is 19.0. The van der Waals surface area contributed by atoms with Gasteiger partial charge in [0.1, 0.15) is 0 Å². The van der Waals surface area contributed by atoms with E-state index in [1.54, 1.807) is 0 Å². The van der Waals surface area contributed by atoms with Gasteiger partial charge in [0.25, 0.3) is 0 Å². The van der Waals surface area contributed by atoms with Gasteiger partial charge in [-0.05, 0) is 18.6 Å². The smallest absolute Gasteiger partial charge is 0.211 e. The summed E-state index contributed by atoms with van der Waals surface area (Å²) in [5, 5.41) is 0.